The zero-order valence-electron chi connectivity index (χ0n) is 15.7. The molecule has 1 atom stereocenters. The Labute approximate surface area is 168 Å². The summed E-state index contributed by atoms with van der Waals surface area (Å²) < 4.78 is 25.1. The minimum atomic E-state index is -3.37. The van der Waals surface area contributed by atoms with Gasteiger partial charge in [0.25, 0.3) is 0 Å². The standard InChI is InChI=1S/C20H21N3O5S/c1-29(27,28)22-16-9-7-14(8-10-16)17-13-18(15-5-3-2-4-6-15)23(21-17)19(24)11-12-20(25)26/h2-10,18,22H,11-13H2,1H3,(H,25,26)/p-1/t18-/m0/s1. The van der Waals surface area contributed by atoms with Crippen molar-refractivity contribution >= 4 is 33.3 Å². The van der Waals surface area contributed by atoms with Crippen LogP contribution in [0, 0.1) is 0 Å². The topological polar surface area (TPSA) is 119 Å². The van der Waals surface area contributed by atoms with Crippen LogP contribution < -0.4 is 9.83 Å². The molecule has 3 rings (SSSR count). The summed E-state index contributed by atoms with van der Waals surface area (Å²) in [4.78, 5) is 23.3. The predicted molar refractivity (Wildman–Crippen MR) is 106 cm³/mol. The molecule has 0 spiro atoms. The van der Waals surface area contributed by atoms with Crippen LogP contribution in [0.25, 0.3) is 0 Å². The molecule has 2 aromatic rings. The zero-order valence-corrected chi connectivity index (χ0v) is 16.6. The lowest BCUT2D eigenvalue weighted by Gasteiger charge is -2.22. The third-order valence-electron chi connectivity index (χ3n) is 4.41. The van der Waals surface area contributed by atoms with Crippen LogP contribution in [-0.4, -0.2) is 37.3 Å². The number of hydrogen-bond donors (Lipinski definition) is 1. The van der Waals surface area contributed by atoms with Gasteiger partial charge in [0.1, 0.15) is 0 Å². The van der Waals surface area contributed by atoms with E-state index in [9.17, 15) is 23.1 Å². The number of carbonyl (C=O) groups is 2. The van der Waals surface area contributed by atoms with E-state index in [1.807, 2.05) is 30.3 Å². The molecule has 1 N–H and O–H groups in total. The minimum Gasteiger partial charge on any atom is -0.550 e. The van der Waals surface area contributed by atoms with E-state index < -0.39 is 21.9 Å². The van der Waals surface area contributed by atoms with Crippen molar-refractivity contribution in [2.45, 2.75) is 25.3 Å². The maximum absolute atomic E-state index is 12.6. The van der Waals surface area contributed by atoms with Gasteiger partial charge in [-0.05, 0) is 29.7 Å². The Kier molecular flexibility index (Phi) is 5.97. The van der Waals surface area contributed by atoms with Gasteiger partial charge in [-0.2, -0.15) is 5.10 Å². The van der Waals surface area contributed by atoms with Crippen molar-refractivity contribution in [2.24, 2.45) is 5.10 Å². The molecule has 0 saturated heterocycles. The summed E-state index contributed by atoms with van der Waals surface area (Å²) in [5.74, 6) is -1.68. The molecule has 0 saturated carbocycles. The molecule has 1 amide bonds. The van der Waals surface area contributed by atoms with E-state index in [4.69, 9.17) is 0 Å². The summed E-state index contributed by atoms with van der Waals surface area (Å²) in [7, 11) is -3.37. The SMILES string of the molecule is CS(=O)(=O)Nc1ccc(C2=NN(C(=O)CCC(=O)[O-])[C@H](c3ccccc3)C2)cc1. The number of hydrazone groups is 1. The van der Waals surface area contributed by atoms with Gasteiger partial charge in [-0.3, -0.25) is 9.52 Å². The number of carboxylic acids is 1. The van der Waals surface area contributed by atoms with Gasteiger partial charge in [0, 0.05) is 24.5 Å². The Hall–Kier alpha value is -3.20. The Morgan fingerprint density at radius 1 is 1.10 bits per heavy atom. The third-order valence-corrected chi connectivity index (χ3v) is 5.02. The number of anilines is 1. The van der Waals surface area contributed by atoms with Crippen LogP contribution in [0.1, 0.15) is 36.4 Å². The van der Waals surface area contributed by atoms with Crippen LogP contribution in [0.5, 0.6) is 0 Å². The first-order valence-corrected chi connectivity index (χ1v) is 10.8. The highest BCUT2D eigenvalue weighted by molar-refractivity contribution is 7.92. The Morgan fingerprint density at radius 2 is 1.76 bits per heavy atom. The second kappa shape index (κ2) is 8.44. The van der Waals surface area contributed by atoms with Crippen LogP contribution >= 0.6 is 0 Å². The molecule has 9 heteroatoms. The molecule has 152 valence electrons. The molecule has 29 heavy (non-hydrogen) atoms. The van der Waals surface area contributed by atoms with E-state index in [2.05, 4.69) is 9.82 Å². The van der Waals surface area contributed by atoms with E-state index >= 15 is 0 Å². The summed E-state index contributed by atoms with van der Waals surface area (Å²) in [6, 6.07) is 15.7. The predicted octanol–water partition coefficient (Wildman–Crippen LogP) is 1.27. The van der Waals surface area contributed by atoms with E-state index in [1.54, 1.807) is 24.3 Å². The molecular formula is C20H20N3O5S-. The highest BCUT2D eigenvalue weighted by Gasteiger charge is 2.32. The van der Waals surface area contributed by atoms with Crippen molar-refractivity contribution in [3.05, 3.63) is 65.7 Å². The number of nitrogens with one attached hydrogen (secondary N) is 1. The maximum Gasteiger partial charge on any atom is 0.243 e. The van der Waals surface area contributed by atoms with Crippen molar-refractivity contribution in [1.29, 1.82) is 0 Å². The average Bonchev–Trinajstić information content (AvgIpc) is 3.11. The lowest BCUT2D eigenvalue weighted by molar-refractivity contribution is -0.305. The Morgan fingerprint density at radius 3 is 2.34 bits per heavy atom. The van der Waals surface area contributed by atoms with Gasteiger partial charge >= 0.3 is 0 Å². The second-order valence-corrected chi connectivity index (χ2v) is 8.49. The summed E-state index contributed by atoms with van der Waals surface area (Å²) in [5.41, 5.74) is 2.73. The average molecular weight is 414 g/mol. The monoisotopic (exact) mass is 414 g/mol. The number of aliphatic carboxylic acids is 1. The number of sulfonamides is 1. The fourth-order valence-electron chi connectivity index (χ4n) is 3.12. The van der Waals surface area contributed by atoms with Crippen molar-refractivity contribution in [2.75, 3.05) is 11.0 Å². The normalized spacial score (nSPS) is 16.4. The van der Waals surface area contributed by atoms with Crippen LogP contribution in [0.2, 0.25) is 0 Å². The molecule has 1 heterocycles. The van der Waals surface area contributed by atoms with E-state index in [-0.39, 0.29) is 18.9 Å². The molecule has 0 fully saturated rings. The number of nitrogens with zero attached hydrogens (tertiary/aromatic N) is 2. The van der Waals surface area contributed by atoms with Gasteiger partial charge in [-0.1, -0.05) is 42.5 Å². The van der Waals surface area contributed by atoms with E-state index in [0.29, 0.717) is 17.8 Å². The second-order valence-electron chi connectivity index (χ2n) is 6.74. The molecule has 0 aliphatic carbocycles. The molecule has 0 radical (unpaired) electrons. The number of carboxylic acid groups (broad SMARTS) is 1. The van der Waals surface area contributed by atoms with Crippen LogP contribution in [0.3, 0.4) is 0 Å². The van der Waals surface area contributed by atoms with Crippen LogP contribution in [0.15, 0.2) is 59.7 Å². The minimum absolute atomic E-state index is 0.195. The molecule has 2 aromatic carbocycles. The summed E-state index contributed by atoms with van der Waals surface area (Å²) in [5, 5.41) is 16.5. The Balaban J connectivity index is 1.86. The van der Waals surface area contributed by atoms with E-state index in [0.717, 1.165) is 17.4 Å². The van der Waals surface area contributed by atoms with E-state index in [1.165, 1.54) is 5.01 Å². The number of carbonyl (C=O) groups excluding carboxylic acids is 2. The molecule has 1 aliphatic rings. The lowest BCUT2D eigenvalue weighted by atomic mass is 9.98. The smallest absolute Gasteiger partial charge is 0.243 e. The fraction of sp³-hybridized carbons (Fsp3) is 0.250. The number of hydrogen-bond acceptors (Lipinski definition) is 6. The van der Waals surface area contributed by atoms with Gasteiger partial charge in [0.2, 0.25) is 15.9 Å². The first kappa shape index (κ1) is 20.5. The van der Waals surface area contributed by atoms with Gasteiger partial charge in [-0.15, -0.1) is 0 Å². The quantitative estimate of drug-likeness (QED) is 0.732. The molecule has 8 nitrogen and oxygen atoms in total. The lowest BCUT2D eigenvalue weighted by Crippen LogP contribution is -2.29. The van der Waals surface area contributed by atoms with Crippen molar-refractivity contribution in [3.63, 3.8) is 0 Å². The van der Waals surface area contributed by atoms with Crippen LogP contribution in [-0.2, 0) is 19.6 Å². The van der Waals surface area contributed by atoms with Crippen molar-refractivity contribution in [1.82, 2.24) is 5.01 Å². The highest BCUT2D eigenvalue weighted by Crippen LogP contribution is 2.33. The first-order chi connectivity index (χ1) is 13.7. The maximum atomic E-state index is 12.6. The molecule has 0 bridgehead atoms. The molecule has 1 aliphatic heterocycles. The van der Waals surface area contributed by atoms with Gasteiger partial charge in [0.05, 0.1) is 18.0 Å². The first-order valence-electron chi connectivity index (χ1n) is 8.95. The number of amides is 1. The molecule has 0 unspecified atom stereocenters. The largest absolute Gasteiger partial charge is 0.550 e. The molecule has 0 aromatic heterocycles. The van der Waals surface area contributed by atoms with Gasteiger partial charge < -0.3 is 9.90 Å². The van der Waals surface area contributed by atoms with Gasteiger partial charge in [-0.25, -0.2) is 13.4 Å². The summed E-state index contributed by atoms with van der Waals surface area (Å²) in [6.07, 6.45) is 0.968. The summed E-state index contributed by atoms with van der Waals surface area (Å²) in [6.45, 7) is 0. The zero-order chi connectivity index (χ0) is 21.0. The van der Waals surface area contributed by atoms with Crippen LogP contribution in [0.4, 0.5) is 5.69 Å². The van der Waals surface area contributed by atoms with Crippen molar-refractivity contribution < 1.29 is 23.1 Å². The Bertz CT molecular complexity index is 1030. The van der Waals surface area contributed by atoms with Gasteiger partial charge in [0.15, 0.2) is 0 Å². The number of rotatable bonds is 7. The number of benzene rings is 2. The summed E-state index contributed by atoms with van der Waals surface area (Å²) >= 11 is 0. The third kappa shape index (κ3) is 5.41. The fourth-order valence-corrected chi connectivity index (χ4v) is 3.68. The van der Waals surface area contributed by atoms with Crippen molar-refractivity contribution in [3.8, 4) is 0 Å². The molecular weight excluding hydrogens is 394 g/mol. The highest BCUT2D eigenvalue weighted by atomic mass is 32.2.